The molecule has 146 valence electrons. The van der Waals surface area contributed by atoms with Crippen LogP contribution in [0.1, 0.15) is 12.5 Å². The van der Waals surface area contributed by atoms with E-state index in [0.717, 1.165) is 0 Å². The predicted octanol–water partition coefficient (Wildman–Crippen LogP) is 1.53. The van der Waals surface area contributed by atoms with Gasteiger partial charge >= 0.3 is 0 Å². The second-order valence-electron chi connectivity index (χ2n) is 5.81. The third kappa shape index (κ3) is 4.01. The number of nitrogens with one attached hydrogen (secondary N) is 2. The van der Waals surface area contributed by atoms with Crippen molar-refractivity contribution < 1.29 is 17.6 Å². The lowest BCUT2D eigenvalue weighted by atomic mass is 10.1. The molecule has 0 aliphatic carbocycles. The smallest absolute Gasteiger partial charge is 0.279 e. The minimum Gasteiger partial charge on any atom is -0.331 e. The first-order valence-corrected chi connectivity index (χ1v) is 10.1. The molecule has 0 bridgehead atoms. The number of thiocarbonyl (C=S) groups is 1. The largest absolute Gasteiger partial charge is 0.331 e. The molecule has 0 saturated carbocycles. The van der Waals surface area contributed by atoms with E-state index in [-0.39, 0.29) is 21.6 Å². The summed E-state index contributed by atoms with van der Waals surface area (Å²) in [4.78, 5) is 14.0. The summed E-state index contributed by atoms with van der Waals surface area (Å²) in [5, 5.41) is 11.9. The molecule has 1 heterocycles. The van der Waals surface area contributed by atoms with Gasteiger partial charge in [0, 0.05) is 17.8 Å². The number of amides is 1. The zero-order valence-corrected chi connectivity index (χ0v) is 16.3. The molecule has 1 amide bonds. The Hall–Kier alpha value is -2.89. The zero-order valence-electron chi connectivity index (χ0n) is 14.6. The predicted molar refractivity (Wildman–Crippen MR) is 108 cm³/mol. The fourth-order valence-corrected chi connectivity index (χ4v) is 3.38. The van der Waals surface area contributed by atoms with Crippen molar-refractivity contribution in [2.24, 2.45) is 10.2 Å². The number of nitrogens with zero attached hydrogens (tertiary/aromatic N) is 2. The van der Waals surface area contributed by atoms with Crippen LogP contribution in [0.2, 0.25) is 0 Å². The van der Waals surface area contributed by atoms with Gasteiger partial charge in [0.1, 0.15) is 5.82 Å². The van der Waals surface area contributed by atoms with Crippen molar-refractivity contribution in [1.29, 1.82) is 0 Å². The highest BCUT2D eigenvalue weighted by atomic mass is 32.2. The number of primary sulfonamides is 1. The highest BCUT2D eigenvalue weighted by molar-refractivity contribution is 7.89. The minimum atomic E-state index is -3.79. The number of likely N-dealkylation sites (N-methyl/N-ethyl adjacent to an activating group) is 1. The Labute approximate surface area is 166 Å². The van der Waals surface area contributed by atoms with Gasteiger partial charge in [-0.05, 0) is 61.6 Å². The van der Waals surface area contributed by atoms with Crippen LogP contribution >= 0.6 is 12.2 Å². The number of hydrogen-bond acceptors (Lipinski definition) is 5. The van der Waals surface area contributed by atoms with Crippen LogP contribution in [0.15, 0.2) is 52.5 Å². The highest BCUT2D eigenvalue weighted by Crippen LogP contribution is 2.29. The van der Waals surface area contributed by atoms with E-state index < -0.39 is 15.8 Å². The number of benzene rings is 2. The molecule has 2 aromatic rings. The number of halogens is 1. The maximum atomic E-state index is 13.6. The SMILES string of the molecule is CCN1C(=O)C(=NNC(=S)Nc2ccc(S(N)(=O)=O)cc2)c2cc(F)ccc21. The van der Waals surface area contributed by atoms with Crippen LogP contribution in [0.3, 0.4) is 0 Å². The van der Waals surface area contributed by atoms with E-state index in [4.69, 9.17) is 17.4 Å². The molecule has 1 aliphatic heterocycles. The number of anilines is 2. The zero-order chi connectivity index (χ0) is 20.5. The van der Waals surface area contributed by atoms with Gasteiger partial charge in [-0.2, -0.15) is 5.10 Å². The highest BCUT2D eigenvalue weighted by Gasteiger charge is 2.33. The van der Waals surface area contributed by atoms with Crippen LogP contribution in [0, 0.1) is 5.82 Å². The van der Waals surface area contributed by atoms with Crippen LogP contribution in [0.4, 0.5) is 15.8 Å². The molecule has 3 rings (SSSR count). The molecule has 0 aromatic heterocycles. The third-order valence-electron chi connectivity index (χ3n) is 3.98. The molecule has 0 saturated heterocycles. The summed E-state index contributed by atoms with van der Waals surface area (Å²) in [6.45, 7) is 2.22. The van der Waals surface area contributed by atoms with Crippen molar-refractivity contribution >= 4 is 50.3 Å². The molecule has 0 atom stereocenters. The number of carbonyl (C=O) groups excluding carboxylic acids is 1. The molecule has 0 spiro atoms. The van der Waals surface area contributed by atoms with Gasteiger partial charge in [-0.25, -0.2) is 17.9 Å². The Balaban J connectivity index is 1.76. The Morgan fingerprint density at radius 1 is 1.25 bits per heavy atom. The van der Waals surface area contributed by atoms with Gasteiger partial charge in [0.15, 0.2) is 10.8 Å². The van der Waals surface area contributed by atoms with Gasteiger partial charge in [-0.3, -0.25) is 10.2 Å². The number of sulfonamides is 1. The molecule has 8 nitrogen and oxygen atoms in total. The second-order valence-corrected chi connectivity index (χ2v) is 7.78. The molecule has 1 aliphatic rings. The topological polar surface area (TPSA) is 117 Å². The number of carbonyl (C=O) groups is 1. The Morgan fingerprint density at radius 3 is 2.54 bits per heavy atom. The summed E-state index contributed by atoms with van der Waals surface area (Å²) >= 11 is 5.13. The average Bonchev–Trinajstić information content (AvgIpc) is 2.89. The van der Waals surface area contributed by atoms with E-state index >= 15 is 0 Å². The van der Waals surface area contributed by atoms with Crippen LogP contribution < -0.4 is 20.8 Å². The van der Waals surface area contributed by atoms with E-state index in [1.807, 2.05) is 0 Å². The molecule has 0 fully saturated rings. The normalized spacial score (nSPS) is 14.9. The summed E-state index contributed by atoms with van der Waals surface area (Å²) in [5.41, 5.74) is 4.04. The molecular formula is C17H16FN5O3S2. The lowest BCUT2D eigenvalue weighted by molar-refractivity contribution is -0.112. The van der Waals surface area contributed by atoms with Crippen molar-refractivity contribution in [2.75, 3.05) is 16.8 Å². The number of rotatable bonds is 4. The first-order chi connectivity index (χ1) is 13.2. The third-order valence-corrected chi connectivity index (χ3v) is 5.10. The number of nitrogens with two attached hydrogens (primary N) is 1. The van der Waals surface area contributed by atoms with E-state index in [0.29, 0.717) is 23.5 Å². The van der Waals surface area contributed by atoms with Crippen LogP contribution in [0.5, 0.6) is 0 Å². The number of hydrazone groups is 1. The maximum absolute atomic E-state index is 13.6. The Bertz CT molecular complexity index is 1080. The fraction of sp³-hybridized carbons (Fsp3) is 0.118. The summed E-state index contributed by atoms with van der Waals surface area (Å²) in [6, 6.07) is 9.65. The molecule has 2 aromatic carbocycles. The van der Waals surface area contributed by atoms with Crippen LogP contribution in [-0.4, -0.2) is 31.7 Å². The number of fused-ring (bicyclic) bond motifs is 1. The summed E-state index contributed by atoms with van der Waals surface area (Å²) in [6.07, 6.45) is 0. The standard InChI is InChI=1S/C17H16FN5O3S2/c1-2-23-14-8-3-10(18)9-13(14)15(16(23)24)21-22-17(27)20-11-4-6-12(7-5-11)28(19,25)26/h3-9H,2H2,1H3,(H2,19,25,26)(H2,20,22,27). The molecule has 28 heavy (non-hydrogen) atoms. The number of hydrogen-bond donors (Lipinski definition) is 3. The monoisotopic (exact) mass is 421 g/mol. The van der Waals surface area contributed by atoms with Gasteiger partial charge < -0.3 is 10.2 Å². The van der Waals surface area contributed by atoms with Crippen LogP contribution in [0.25, 0.3) is 0 Å². The first kappa shape index (κ1) is 19.9. The van der Waals surface area contributed by atoms with Gasteiger partial charge in [-0.15, -0.1) is 0 Å². The average molecular weight is 421 g/mol. The Morgan fingerprint density at radius 2 is 1.93 bits per heavy atom. The Kier molecular flexibility index (Phi) is 5.40. The van der Waals surface area contributed by atoms with Gasteiger partial charge in [0.05, 0.1) is 10.6 Å². The van der Waals surface area contributed by atoms with E-state index in [1.54, 1.807) is 6.92 Å². The van der Waals surface area contributed by atoms with E-state index in [2.05, 4.69) is 15.8 Å². The van der Waals surface area contributed by atoms with Crippen LogP contribution in [-0.2, 0) is 14.8 Å². The molecule has 4 N–H and O–H groups in total. The maximum Gasteiger partial charge on any atom is 0.279 e. The molecule has 11 heteroatoms. The molecular weight excluding hydrogens is 405 g/mol. The first-order valence-electron chi connectivity index (χ1n) is 8.10. The van der Waals surface area contributed by atoms with Crippen molar-refractivity contribution in [3.05, 3.63) is 53.8 Å². The molecule has 0 radical (unpaired) electrons. The second kappa shape index (κ2) is 7.62. The van der Waals surface area contributed by atoms with E-state index in [1.165, 1.54) is 47.4 Å². The van der Waals surface area contributed by atoms with Gasteiger partial charge in [0.2, 0.25) is 10.0 Å². The van der Waals surface area contributed by atoms with Crippen molar-refractivity contribution in [3.63, 3.8) is 0 Å². The lowest BCUT2D eigenvalue weighted by Gasteiger charge is -2.13. The lowest BCUT2D eigenvalue weighted by Crippen LogP contribution is -2.32. The fourth-order valence-electron chi connectivity index (χ4n) is 2.70. The van der Waals surface area contributed by atoms with Gasteiger partial charge in [0.25, 0.3) is 5.91 Å². The van der Waals surface area contributed by atoms with E-state index in [9.17, 15) is 17.6 Å². The minimum absolute atomic E-state index is 0.0352. The summed E-state index contributed by atoms with van der Waals surface area (Å²) in [5.74, 6) is -0.844. The summed E-state index contributed by atoms with van der Waals surface area (Å²) < 4.78 is 36.1. The van der Waals surface area contributed by atoms with Crippen molar-refractivity contribution in [1.82, 2.24) is 5.43 Å². The molecule has 0 unspecified atom stereocenters. The quantitative estimate of drug-likeness (QED) is 0.509. The van der Waals surface area contributed by atoms with Crippen molar-refractivity contribution in [3.8, 4) is 0 Å². The van der Waals surface area contributed by atoms with Gasteiger partial charge in [-0.1, -0.05) is 0 Å². The summed E-state index contributed by atoms with van der Waals surface area (Å²) in [7, 11) is -3.79. The van der Waals surface area contributed by atoms with Crippen molar-refractivity contribution in [2.45, 2.75) is 11.8 Å².